The summed E-state index contributed by atoms with van der Waals surface area (Å²) >= 11 is 13.8. The normalized spacial score (nSPS) is 15.0. The number of benzene rings is 2. The van der Waals surface area contributed by atoms with Crippen LogP contribution in [0.25, 0.3) is 22.4 Å². The third-order valence-corrected chi connectivity index (χ3v) is 8.19. The second-order valence-corrected chi connectivity index (χ2v) is 10.9. The van der Waals surface area contributed by atoms with E-state index in [1.165, 1.54) is 12.8 Å². The summed E-state index contributed by atoms with van der Waals surface area (Å²) in [5.41, 5.74) is 5.51. The number of likely N-dealkylation sites (N-methyl/N-ethyl adjacent to an activating group) is 1. The van der Waals surface area contributed by atoms with Gasteiger partial charge in [-0.2, -0.15) is 0 Å². The monoisotopic (exact) mass is 575 g/mol. The van der Waals surface area contributed by atoms with Gasteiger partial charge >= 0.3 is 0 Å². The summed E-state index contributed by atoms with van der Waals surface area (Å²) in [6.45, 7) is 1.68. The minimum absolute atomic E-state index is 0.217. The van der Waals surface area contributed by atoms with E-state index in [9.17, 15) is 9.59 Å². The molecule has 0 unspecified atom stereocenters. The number of rotatable bonds is 7. The Morgan fingerprint density at radius 1 is 1.02 bits per heavy atom. The van der Waals surface area contributed by atoms with Crippen molar-refractivity contribution in [2.24, 2.45) is 0 Å². The van der Waals surface area contributed by atoms with Crippen LogP contribution in [0.2, 0.25) is 10.0 Å². The van der Waals surface area contributed by atoms with E-state index in [1.807, 2.05) is 30.3 Å². The van der Waals surface area contributed by atoms with Crippen LogP contribution < -0.4 is 10.1 Å². The van der Waals surface area contributed by atoms with Gasteiger partial charge in [-0.25, -0.2) is 9.97 Å². The predicted octanol–water partition coefficient (Wildman–Crippen LogP) is 6.32. The van der Waals surface area contributed by atoms with Crippen molar-refractivity contribution in [3.63, 3.8) is 0 Å². The quantitative estimate of drug-likeness (QED) is 0.259. The number of ether oxygens (including phenoxy) is 1. The second-order valence-electron chi connectivity index (χ2n) is 10.1. The molecule has 2 aromatic carbocycles. The molecule has 2 aliphatic rings. The highest BCUT2D eigenvalue weighted by molar-refractivity contribution is 6.39. The van der Waals surface area contributed by atoms with Gasteiger partial charge in [0.05, 0.1) is 39.8 Å². The molecule has 10 heteroatoms. The number of carbonyl (C=O) groups excluding carboxylic acids is 2. The fourth-order valence-electron chi connectivity index (χ4n) is 5.23. The van der Waals surface area contributed by atoms with Gasteiger partial charge in [-0.15, -0.1) is 0 Å². The number of anilines is 1. The number of methoxy groups -OCH3 is 1. The number of aldehydes is 1. The Morgan fingerprint density at radius 2 is 1.75 bits per heavy atom. The van der Waals surface area contributed by atoms with Crippen molar-refractivity contribution in [1.82, 2.24) is 19.4 Å². The van der Waals surface area contributed by atoms with Crippen LogP contribution in [0.3, 0.4) is 0 Å². The molecule has 0 saturated heterocycles. The summed E-state index contributed by atoms with van der Waals surface area (Å²) in [5, 5.41) is 3.80. The standard InChI is InChI=1S/C30H27Cl2N5O3/c1-36-14-13-25-24(15-36)33-28(37(25)18-10-11-18)29(39)34-23-8-4-6-20(27(23)32)19-5-3-7-21(26(19)31)22-12-9-17(16-38)30(35-22)40-2/h3-9,12,16,18H,10-11,13-15H2,1-2H3,(H,34,39). The number of nitrogens with one attached hydrogen (secondary N) is 1. The maximum Gasteiger partial charge on any atom is 0.291 e. The molecular weight excluding hydrogens is 549 g/mol. The van der Waals surface area contributed by atoms with Gasteiger partial charge in [-0.3, -0.25) is 9.59 Å². The van der Waals surface area contributed by atoms with Crippen LogP contribution in [0, 0.1) is 0 Å². The van der Waals surface area contributed by atoms with Crippen molar-refractivity contribution in [3.05, 3.63) is 81.4 Å². The molecule has 1 fully saturated rings. The zero-order valence-electron chi connectivity index (χ0n) is 22.1. The van der Waals surface area contributed by atoms with Crippen LogP contribution in [0.1, 0.15) is 51.2 Å². The molecule has 8 nitrogen and oxygen atoms in total. The van der Waals surface area contributed by atoms with Crippen molar-refractivity contribution in [2.75, 3.05) is 26.0 Å². The molecule has 1 N–H and O–H groups in total. The third kappa shape index (κ3) is 4.76. The lowest BCUT2D eigenvalue weighted by molar-refractivity contribution is 0.101. The van der Waals surface area contributed by atoms with E-state index in [4.69, 9.17) is 32.9 Å². The van der Waals surface area contributed by atoms with Crippen LogP contribution in [0.5, 0.6) is 5.88 Å². The molecule has 1 saturated carbocycles. The Bertz CT molecular complexity index is 1650. The summed E-state index contributed by atoms with van der Waals surface area (Å²) in [6, 6.07) is 14.7. The van der Waals surface area contributed by atoms with E-state index >= 15 is 0 Å². The SMILES string of the molecule is COc1nc(-c2cccc(-c3cccc(NC(=O)c4nc5c(n4C4CC4)CCN(C)C5)c3Cl)c2Cl)ccc1C=O. The Labute approximate surface area is 241 Å². The number of nitrogens with zero attached hydrogens (tertiary/aromatic N) is 4. The van der Waals surface area contributed by atoms with Gasteiger partial charge in [-0.1, -0.05) is 53.5 Å². The van der Waals surface area contributed by atoms with E-state index in [0.717, 1.165) is 38.0 Å². The molecule has 0 atom stereocenters. The molecule has 2 aromatic heterocycles. The minimum Gasteiger partial charge on any atom is -0.480 e. The Morgan fingerprint density at radius 3 is 2.48 bits per heavy atom. The molecule has 1 aliphatic carbocycles. The van der Waals surface area contributed by atoms with Gasteiger partial charge in [0, 0.05) is 47.9 Å². The Balaban J connectivity index is 1.33. The van der Waals surface area contributed by atoms with Crippen LogP contribution in [0.15, 0.2) is 48.5 Å². The highest BCUT2D eigenvalue weighted by atomic mass is 35.5. The molecule has 1 amide bonds. The van der Waals surface area contributed by atoms with Crippen LogP contribution in [-0.4, -0.2) is 52.3 Å². The smallest absolute Gasteiger partial charge is 0.291 e. The summed E-state index contributed by atoms with van der Waals surface area (Å²) in [5.74, 6) is 0.368. The van der Waals surface area contributed by atoms with Crippen LogP contribution in [0.4, 0.5) is 5.69 Å². The average molecular weight is 576 g/mol. The highest BCUT2D eigenvalue weighted by Gasteiger charge is 2.34. The maximum atomic E-state index is 13.5. The number of halogens is 2. The molecule has 40 heavy (non-hydrogen) atoms. The first-order valence-electron chi connectivity index (χ1n) is 13.1. The number of pyridine rings is 1. The molecule has 0 radical (unpaired) electrons. The van der Waals surface area contributed by atoms with E-state index in [-0.39, 0.29) is 11.8 Å². The number of amides is 1. The van der Waals surface area contributed by atoms with E-state index in [2.05, 4.69) is 26.8 Å². The topological polar surface area (TPSA) is 89.3 Å². The van der Waals surface area contributed by atoms with Crippen molar-refractivity contribution in [1.29, 1.82) is 0 Å². The van der Waals surface area contributed by atoms with Crippen LogP contribution in [-0.2, 0) is 13.0 Å². The minimum atomic E-state index is -0.283. The highest BCUT2D eigenvalue weighted by Crippen LogP contribution is 2.42. The van der Waals surface area contributed by atoms with Gasteiger partial charge in [0.1, 0.15) is 0 Å². The molecule has 1 aliphatic heterocycles. The van der Waals surface area contributed by atoms with E-state index < -0.39 is 0 Å². The summed E-state index contributed by atoms with van der Waals surface area (Å²) in [6.07, 6.45) is 3.69. The molecule has 4 aromatic rings. The predicted molar refractivity (Wildman–Crippen MR) is 156 cm³/mol. The zero-order chi connectivity index (χ0) is 28.0. The Kier molecular flexibility index (Phi) is 7.08. The molecule has 6 rings (SSSR count). The lowest BCUT2D eigenvalue weighted by atomic mass is 10.00. The molecule has 204 valence electrons. The molecule has 0 spiro atoms. The largest absolute Gasteiger partial charge is 0.480 e. The Hall–Kier alpha value is -3.72. The van der Waals surface area contributed by atoms with Crippen molar-refractivity contribution in [3.8, 4) is 28.3 Å². The number of carbonyl (C=O) groups is 2. The lowest BCUT2D eigenvalue weighted by Gasteiger charge is -2.22. The van der Waals surface area contributed by atoms with Gasteiger partial charge in [0.2, 0.25) is 5.88 Å². The number of aromatic nitrogens is 3. The first-order chi connectivity index (χ1) is 19.4. The third-order valence-electron chi connectivity index (χ3n) is 7.38. The van der Waals surface area contributed by atoms with Gasteiger partial charge in [-0.05, 0) is 38.1 Å². The van der Waals surface area contributed by atoms with E-state index in [0.29, 0.717) is 61.8 Å². The lowest BCUT2D eigenvalue weighted by Crippen LogP contribution is -2.27. The number of fused-ring (bicyclic) bond motifs is 1. The number of imidazole rings is 1. The first kappa shape index (κ1) is 26.5. The fraction of sp³-hybridized carbons (Fsp3) is 0.267. The van der Waals surface area contributed by atoms with Gasteiger partial charge < -0.3 is 19.5 Å². The number of hydrogen-bond donors (Lipinski definition) is 1. The van der Waals surface area contributed by atoms with Crippen molar-refractivity contribution < 1.29 is 14.3 Å². The average Bonchev–Trinajstić information content (AvgIpc) is 3.73. The maximum absolute atomic E-state index is 13.5. The summed E-state index contributed by atoms with van der Waals surface area (Å²) in [7, 11) is 3.53. The van der Waals surface area contributed by atoms with Crippen LogP contribution >= 0.6 is 23.2 Å². The summed E-state index contributed by atoms with van der Waals surface area (Å²) < 4.78 is 7.40. The van der Waals surface area contributed by atoms with Gasteiger partial charge in [0.25, 0.3) is 5.91 Å². The first-order valence-corrected chi connectivity index (χ1v) is 13.8. The van der Waals surface area contributed by atoms with Crippen molar-refractivity contribution in [2.45, 2.75) is 31.8 Å². The molecule has 3 heterocycles. The second kappa shape index (κ2) is 10.7. The summed E-state index contributed by atoms with van der Waals surface area (Å²) in [4.78, 5) is 36.3. The molecule has 0 bridgehead atoms. The van der Waals surface area contributed by atoms with E-state index in [1.54, 1.807) is 18.2 Å². The fourth-order valence-corrected chi connectivity index (χ4v) is 5.83. The zero-order valence-corrected chi connectivity index (χ0v) is 23.6. The van der Waals surface area contributed by atoms with Crippen molar-refractivity contribution >= 4 is 41.1 Å². The number of hydrogen-bond acceptors (Lipinski definition) is 6. The molecular formula is C30H27Cl2N5O3. The van der Waals surface area contributed by atoms with Gasteiger partial charge in [0.15, 0.2) is 12.1 Å².